The van der Waals surface area contributed by atoms with E-state index in [0.717, 1.165) is 11.3 Å². The van der Waals surface area contributed by atoms with Crippen molar-refractivity contribution in [1.29, 1.82) is 0 Å². The van der Waals surface area contributed by atoms with Gasteiger partial charge in [0, 0.05) is 6.54 Å². The Balaban J connectivity index is 1.43. The number of carbonyl (C=O) groups is 1. The molecule has 9 nitrogen and oxygen atoms in total. The molecule has 1 aliphatic rings. The van der Waals surface area contributed by atoms with E-state index in [-0.39, 0.29) is 17.5 Å². The van der Waals surface area contributed by atoms with E-state index in [1.54, 1.807) is 22.1 Å². The zero-order chi connectivity index (χ0) is 21.9. The van der Waals surface area contributed by atoms with Gasteiger partial charge in [-0.2, -0.15) is 30.0 Å². The topological polar surface area (TPSA) is 91.0 Å². The van der Waals surface area contributed by atoms with E-state index in [4.69, 9.17) is 4.74 Å². The molecule has 0 N–H and O–H groups in total. The molecule has 0 radical (unpaired) electrons. The third-order valence-electron chi connectivity index (χ3n) is 5.34. The summed E-state index contributed by atoms with van der Waals surface area (Å²) in [6, 6.07) is 11.7. The number of aromatic nitrogens is 6. The van der Waals surface area contributed by atoms with Gasteiger partial charge in [-0.05, 0) is 42.3 Å². The van der Waals surface area contributed by atoms with Gasteiger partial charge in [-0.1, -0.05) is 12.1 Å². The molecule has 0 spiro atoms. The van der Waals surface area contributed by atoms with Gasteiger partial charge in [0.25, 0.3) is 5.91 Å². The summed E-state index contributed by atoms with van der Waals surface area (Å²) >= 11 is 0. The van der Waals surface area contributed by atoms with Crippen LogP contribution < -0.4 is 0 Å². The minimum atomic E-state index is -0.492. The van der Waals surface area contributed by atoms with Gasteiger partial charge in [-0.3, -0.25) is 4.79 Å². The van der Waals surface area contributed by atoms with E-state index >= 15 is 0 Å². The number of hydrogen-bond acceptors (Lipinski definition) is 6. The van der Waals surface area contributed by atoms with Gasteiger partial charge in [0.05, 0.1) is 61.0 Å². The molecule has 4 aromatic rings. The zero-order valence-corrected chi connectivity index (χ0v) is 17.1. The van der Waals surface area contributed by atoms with Crippen molar-refractivity contribution in [1.82, 2.24) is 34.9 Å². The maximum atomic E-state index is 14.1. The SMILES string of the molecule is O=C(c1cc(F)ccc1-n1nccn1)N1CCOCC1Cc1cccc(-n2nccn2)c1. The average Bonchev–Trinajstić information content (AvgIpc) is 3.54. The Bertz CT molecular complexity index is 1210. The summed E-state index contributed by atoms with van der Waals surface area (Å²) in [6.07, 6.45) is 6.83. The third-order valence-corrected chi connectivity index (χ3v) is 5.34. The first kappa shape index (κ1) is 20.0. The number of ether oxygens (including phenoxy) is 1. The zero-order valence-electron chi connectivity index (χ0n) is 17.1. The molecule has 0 aliphatic carbocycles. The fourth-order valence-electron chi connectivity index (χ4n) is 3.87. The molecule has 3 heterocycles. The van der Waals surface area contributed by atoms with Gasteiger partial charge in [0.2, 0.25) is 0 Å². The molecule has 2 aromatic heterocycles. The van der Waals surface area contributed by atoms with Gasteiger partial charge >= 0.3 is 0 Å². The smallest absolute Gasteiger partial charge is 0.256 e. The highest BCUT2D eigenvalue weighted by atomic mass is 19.1. The van der Waals surface area contributed by atoms with Crippen LogP contribution in [0.1, 0.15) is 15.9 Å². The fraction of sp³-hybridized carbons (Fsp3) is 0.227. The largest absolute Gasteiger partial charge is 0.377 e. The highest BCUT2D eigenvalue weighted by Crippen LogP contribution is 2.22. The lowest BCUT2D eigenvalue weighted by Gasteiger charge is -2.36. The van der Waals surface area contributed by atoms with Crippen molar-refractivity contribution in [2.75, 3.05) is 19.8 Å². The van der Waals surface area contributed by atoms with E-state index in [1.807, 2.05) is 24.3 Å². The van der Waals surface area contributed by atoms with Crippen LogP contribution in [0.2, 0.25) is 0 Å². The maximum absolute atomic E-state index is 14.1. The van der Waals surface area contributed by atoms with E-state index < -0.39 is 5.82 Å². The van der Waals surface area contributed by atoms with E-state index in [0.29, 0.717) is 31.9 Å². The summed E-state index contributed by atoms with van der Waals surface area (Å²) in [7, 11) is 0. The Morgan fingerprint density at radius 3 is 2.53 bits per heavy atom. The van der Waals surface area contributed by atoms with E-state index in [2.05, 4.69) is 20.4 Å². The second-order valence-corrected chi connectivity index (χ2v) is 7.40. The van der Waals surface area contributed by atoms with Crippen LogP contribution in [0.25, 0.3) is 11.4 Å². The standard InChI is InChI=1S/C22H20FN7O2/c23-17-4-5-21(30-26-8-9-27-30)20(14-17)22(31)28-10-11-32-15-19(28)13-16-2-1-3-18(12-16)29-24-6-7-25-29/h1-9,12,14,19H,10-11,13,15H2. The minimum absolute atomic E-state index is 0.209. The van der Waals surface area contributed by atoms with Crippen LogP contribution in [0.15, 0.2) is 67.3 Å². The highest BCUT2D eigenvalue weighted by molar-refractivity contribution is 5.98. The molecule has 162 valence electrons. The first-order chi connectivity index (χ1) is 15.7. The van der Waals surface area contributed by atoms with Gasteiger partial charge in [-0.15, -0.1) is 0 Å². The quantitative estimate of drug-likeness (QED) is 0.479. The lowest BCUT2D eigenvalue weighted by Crippen LogP contribution is -2.50. The van der Waals surface area contributed by atoms with Gasteiger partial charge in [-0.25, -0.2) is 4.39 Å². The number of halogens is 1. The molecule has 32 heavy (non-hydrogen) atoms. The normalized spacial score (nSPS) is 16.3. The number of hydrogen-bond donors (Lipinski definition) is 0. The second-order valence-electron chi connectivity index (χ2n) is 7.40. The highest BCUT2D eigenvalue weighted by Gasteiger charge is 2.30. The molecule has 1 unspecified atom stereocenters. The van der Waals surface area contributed by atoms with Crippen LogP contribution in [-0.2, 0) is 11.2 Å². The Morgan fingerprint density at radius 1 is 1.00 bits per heavy atom. The molecular formula is C22H20FN7O2. The molecule has 1 aliphatic heterocycles. The molecule has 0 saturated carbocycles. The Hall–Kier alpha value is -3.92. The van der Waals surface area contributed by atoms with Crippen LogP contribution in [-0.4, -0.2) is 66.6 Å². The summed E-state index contributed by atoms with van der Waals surface area (Å²) in [5.74, 6) is -0.775. The number of rotatable bonds is 5. The molecule has 1 saturated heterocycles. The number of carbonyl (C=O) groups excluding carboxylic acids is 1. The number of morpholine rings is 1. The van der Waals surface area contributed by atoms with Crippen molar-refractivity contribution in [2.24, 2.45) is 0 Å². The predicted octanol–water partition coefficient (Wildman–Crippen LogP) is 2.07. The van der Waals surface area contributed by atoms with E-state index in [1.165, 1.54) is 35.4 Å². The van der Waals surface area contributed by atoms with Gasteiger partial charge in [0.1, 0.15) is 5.82 Å². The third kappa shape index (κ3) is 4.00. The molecule has 5 rings (SSSR count). The lowest BCUT2D eigenvalue weighted by molar-refractivity contribution is -0.00167. The van der Waals surface area contributed by atoms with Crippen LogP contribution in [0.5, 0.6) is 0 Å². The Kier molecular flexibility index (Phi) is 5.42. The van der Waals surface area contributed by atoms with Crippen LogP contribution in [0.4, 0.5) is 4.39 Å². The maximum Gasteiger partial charge on any atom is 0.256 e. The molecule has 1 fully saturated rings. The minimum Gasteiger partial charge on any atom is -0.377 e. The van der Waals surface area contributed by atoms with Crippen molar-refractivity contribution >= 4 is 5.91 Å². The first-order valence-corrected chi connectivity index (χ1v) is 10.2. The van der Waals surface area contributed by atoms with Crippen LogP contribution in [0, 0.1) is 5.82 Å². The van der Waals surface area contributed by atoms with Crippen molar-refractivity contribution in [3.63, 3.8) is 0 Å². The fourth-order valence-corrected chi connectivity index (χ4v) is 3.87. The van der Waals surface area contributed by atoms with Gasteiger partial charge < -0.3 is 9.64 Å². The molecular weight excluding hydrogens is 413 g/mol. The van der Waals surface area contributed by atoms with E-state index in [9.17, 15) is 9.18 Å². The summed E-state index contributed by atoms with van der Waals surface area (Å²) in [6.45, 7) is 1.22. The Morgan fingerprint density at radius 2 is 1.75 bits per heavy atom. The van der Waals surface area contributed by atoms with Crippen molar-refractivity contribution in [3.05, 3.63) is 84.2 Å². The van der Waals surface area contributed by atoms with Crippen LogP contribution >= 0.6 is 0 Å². The second kappa shape index (κ2) is 8.67. The predicted molar refractivity (Wildman–Crippen MR) is 112 cm³/mol. The summed E-state index contributed by atoms with van der Waals surface area (Å²) in [5, 5.41) is 16.5. The van der Waals surface area contributed by atoms with Crippen molar-refractivity contribution in [2.45, 2.75) is 12.5 Å². The average molecular weight is 433 g/mol. The molecule has 0 bridgehead atoms. The van der Waals surface area contributed by atoms with Crippen molar-refractivity contribution < 1.29 is 13.9 Å². The van der Waals surface area contributed by atoms with Gasteiger partial charge in [0.15, 0.2) is 0 Å². The Labute approximate surface area is 183 Å². The number of amides is 1. The molecule has 2 aromatic carbocycles. The summed E-state index contributed by atoms with van der Waals surface area (Å²) in [5.41, 5.74) is 2.49. The monoisotopic (exact) mass is 433 g/mol. The number of nitrogens with zero attached hydrogens (tertiary/aromatic N) is 7. The summed E-state index contributed by atoms with van der Waals surface area (Å²) < 4.78 is 19.8. The molecule has 10 heteroatoms. The van der Waals surface area contributed by atoms with Crippen molar-refractivity contribution in [3.8, 4) is 11.4 Å². The van der Waals surface area contributed by atoms with Crippen LogP contribution in [0.3, 0.4) is 0 Å². The molecule has 1 amide bonds. The number of benzene rings is 2. The lowest BCUT2D eigenvalue weighted by atomic mass is 10.0. The first-order valence-electron chi connectivity index (χ1n) is 10.2. The molecule has 1 atom stereocenters. The summed E-state index contributed by atoms with van der Waals surface area (Å²) in [4.78, 5) is 18.1.